The molecular formula is C12H22N2O. The van der Waals surface area contributed by atoms with Crippen molar-refractivity contribution in [2.24, 2.45) is 17.6 Å². The van der Waals surface area contributed by atoms with Crippen molar-refractivity contribution in [3.8, 4) is 0 Å². The number of nitrogens with zero attached hydrogens (tertiary/aromatic N) is 1. The lowest BCUT2D eigenvalue weighted by Gasteiger charge is -2.30. The standard InChI is InChI=1S/C12H22N2O/c1-2-3-10(7-13)12(15)14-8-9-4-5-11(14)6-9/h9-11H,2-8,13H2,1H3. The summed E-state index contributed by atoms with van der Waals surface area (Å²) in [4.78, 5) is 14.3. The van der Waals surface area contributed by atoms with Gasteiger partial charge in [0.2, 0.25) is 5.91 Å². The Morgan fingerprint density at radius 1 is 1.53 bits per heavy atom. The van der Waals surface area contributed by atoms with E-state index in [0.29, 0.717) is 18.5 Å². The van der Waals surface area contributed by atoms with E-state index in [1.807, 2.05) is 0 Å². The van der Waals surface area contributed by atoms with E-state index in [9.17, 15) is 4.79 Å². The monoisotopic (exact) mass is 210 g/mol. The molecule has 0 aromatic rings. The van der Waals surface area contributed by atoms with Crippen molar-refractivity contribution in [3.63, 3.8) is 0 Å². The van der Waals surface area contributed by atoms with Crippen LogP contribution in [-0.4, -0.2) is 29.9 Å². The minimum atomic E-state index is 0.0781. The Hall–Kier alpha value is -0.570. The van der Waals surface area contributed by atoms with Crippen LogP contribution in [-0.2, 0) is 4.79 Å². The van der Waals surface area contributed by atoms with Gasteiger partial charge in [0.15, 0.2) is 0 Å². The third kappa shape index (κ3) is 2.03. The van der Waals surface area contributed by atoms with E-state index in [-0.39, 0.29) is 5.92 Å². The van der Waals surface area contributed by atoms with Crippen LogP contribution in [0.25, 0.3) is 0 Å². The molecule has 0 radical (unpaired) electrons. The molecule has 3 atom stereocenters. The van der Waals surface area contributed by atoms with Crippen molar-refractivity contribution in [2.75, 3.05) is 13.1 Å². The van der Waals surface area contributed by atoms with E-state index in [4.69, 9.17) is 5.73 Å². The molecule has 1 aliphatic carbocycles. The lowest BCUT2D eigenvalue weighted by atomic mass is 10.0. The summed E-state index contributed by atoms with van der Waals surface area (Å²) in [6.45, 7) is 3.64. The Bertz CT molecular complexity index is 242. The molecule has 0 spiro atoms. The average Bonchev–Trinajstić information content (AvgIpc) is 2.86. The van der Waals surface area contributed by atoms with Crippen molar-refractivity contribution in [3.05, 3.63) is 0 Å². The van der Waals surface area contributed by atoms with Crippen LogP contribution >= 0.6 is 0 Å². The quantitative estimate of drug-likeness (QED) is 0.762. The minimum Gasteiger partial charge on any atom is -0.339 e. The first kappa shape index (κ1) is 10.9. The third-order valence-corrected chi connectivity index (χ3v) is 3.96. The van der Waals surface area contributed by atoms with Crippen LogP contribution in [0, 0.1) is 11.8 Å². The van der Waals surface area contributed by atoms with E-state index in [0.717, 1.165) is 25.3 Å². The Kier molecular flexibility index (Phi) is 3.29. The molecule has 0 aromatic carbocycles. The second kappa shape index (κ2) is 4.52. The van der Waals surface area contributed by atoms with Crippen LogP contribution < -0.4 is 5.73 Å². The molecule has 3 heteroatoms. The molecule has 1 aliphatic heterocycles. The van der Waals surface area contributed by atoms with Gasteiger partial charge in [-0.25, -0.2) is 0 Å². The molecule has 2 aliphatic rings. The molecule has 1 heterocycles. The van der Waals surface area contributed by atoms with Crippen molar-refractivity contribution in [1.82, 2.24) is 4.90 Å². The van der Waals surface area contributed by atoms with Crippen molar-refractivity contribution < 1.29 is 4.79 Å². The van der Waals surface area contributed by atoms with Gasteiger partial charge in [0.1, 0.15) is 0 Å². The summed E-state index contributed by atoms with van der Waals surface area (Å²) in [5.41, 5.74) is 5.68. The molecule has 3 nitrogen and oxygen atoms in total. The smallest absolute Gasteiger partial charge is 0.227 e. The van der Waals surface area contributed by atoms with E-state index in [1.54, 1.807) is 0 Å². The molecule has 2 fully saturated rings. The number of likely N-dealkylation sites (tertiary alicyclic amines) is 1. The van der Waals surface area contributed by atoms with E-state index >= 15 is 0 Å². The van der Waals surface area contributed by atoms with Crippen molar-refractivity contribution in [2.45, 2.75) is 45.1 Å². The van der Waals surface area contributed by atoms with E-state index in [2.05, 4.69) is 11.8 Å². The van der Waals surface area contributed by atoms with Crippen LogP contribution in [0.1, 0.15) is 39.0 Å². The van der Waals surface area contributed by atoms with Crippen LogP contribution in [0.4, 0.5) is 0 Å². The molecule has 0 aromatic heterocycles. The predicted octanol–water partition coefficient (Wildman–Crippen LogP) is 1.37. The molecule has 1 saturated heterocycles. The summed E-state index contributed by atoms with van der Waals surface area (Å²) in [7, 11) is 0. The van der Waals surface area contributed by atoms with Gasteiger partial charge in [-0.3, -0.25) is 4.79 Å². The highest BCUT2D eigenvalue weighted by Crippen LogP contribution is 2.38. The summed E-state index contributed by atoms with van der Waals surface area (Å²) < 4.78 is 0. The summed E-state index contributed by atoms with van der Waals surface area (Å²) in [6.07, 6.45) is 5.79. The maximum Gasteiger partial charge on any atom is 0.227 e. The number of carbonyl (C=O) groups excluding carboxylic acids is 1. The molecule has 1 amide bonds. The van der Waals surface area contributed by atoms with Crippen LogP contribution in [0.5, 0.6) is 0 Å². The molecule has 1 saturated carbocycles. The SMILES string of the molecule is CCCC(CN)C(=O)N1CC2CCC1C2. The van der Waals surface area contributed by atoms with Gasteiger partial charge in [-0.1, -0.05) is 13.3 Å². The molecule has 15 heavy (non-hydrogen) atoms. The average molecular weight is 210 g/mol. The topological polar surface area (TPSA) is 46.3 Å². The molecule has 2 rings (SSSR count). The second-order valence-electron chi connectivity index (χ2n) is 5.04. The fourth-order valence-corrected chi connectivity index (χ4v) is 3.12. The summed E-state index contributed by atoms with van der Waals surface area (Å²) in [6, 6.07) is 0.549. The lowest BCUT2D eigenvalue weighted by molar-refractivity contribution is -0.137. The Balaban J connectivity index is 1.95. The lowest BCUT2D eigenvalue weighted by Crippen LogP contribution is -2.43. The number of amides is 1. The van der Waals surface area contributed by atoms with Gasteiger partial charge in [0.05, 0.1) is 5.92 Å². The number of hydrogen-bond acceptors (Lipinski definition) is 2. The zero-order valence-corrected chi connectivity index (χ0v) is 9.61. The maximum atomic E-state index is 12.2. The Labute approximate surface area is 92.0 Å². The van der Waals surface area contributed by atoms with Gasteiger partial charge < -0.3 is 10.6 Å². The highest BCUT2D eigenvalue weighted by Gasteiger charge is 2.41. The molecule has 86 valence electrons. The zero-order valence-electron chi connectivity index (χ0n) is 9.61. The normalized spacial score (nSPS) is 30.9. The molecule has 2 N–H and O–H groups in total. The van der Waals surface area contributed by atoms with Crippen LogP contribution in [0.15, 0.2) is 0 Å². The van der Waals surface area contributed by atoms with Gasteiger partial charge in [-0.15, -0.1) is 0 Å². The number of fused-ring (bicyclic) bond motifs is 2. The number of carbonyl (C=O) groups is 1. The largest absolute Gasteiger partial charge is 0.339 e. The first-order valence-corrected chi connectivity index (χ1v) is 6.26. The Morgan fingerprint density at radius 3 is 2.80 bits per heavy atom. The van der Waals surface area contributed by atoms with E-state index < -0.39 is 0 Å². The predicted molar refractivity (Wildman–Crippen MR) is 60.3 cm³/mol. The van der Waals surface area contributed by atoms with E-state index in [1.165, 1.54) is 19.3 Å². The first-order valence-electron chi connectivity index (χ1n) is 6.26. The minimum absolute atomic E-state index is 0.0781. The van der Waals surface area contributed by atoms with Crippen molar-refractivity contribution in [1.29, 1.82) is 0 Å². The van der Waals surface area contributed by atoms with Gasteiger partial charge in [-0.2, -0.15) is 0 Å². The van der Waals surface area contributed by atoms with Gasteiger partial charge >= 0.3 is 0 Å². The van der Waals surface area contributed by atoms with Gasteiger partial charge in [-0.05, 0) is 31.6 Å². The third-order valence-electron chi connectivity index (χ3n) is 3.96. The van der Waals surface area contributed by atoms with Crippen LogP contribution in [0.3, 0.4) is 0 Å². The molecule has 2 bridgehead atoms. The second-order valence-corrected chi connectivity index (χ2v) is 5.04. The molecular weight excluding hydrogens is 188 g/mol. The van der Waals surface area contributed by atoms with Gasteiger partial charge in [0, 0.05) is 19.1 Å². The van der Waals surface area contributed by atoms with Gasteiger partial charge in [0.25, 0.3) is 0 Å². The zero-order chi connectivity index (χ0) is 10.8. The van der Waals surface area contributed by atoms with Crippen LogP contribution in [0.2, 0.25) is 0 Å². The first-order chi connectivity index (χ1) is 7.26. The molecule has 3 unspecified atom stereocenters. The highest BCUT2D eigenvalue weighted by molar-refractivity contribution is 5.79. The highest BCUT2D eigenvalue weighted by atomic mass is 16.2. The van der Waals surface area contributed by atoms with Crippen molar-refractivity contribution >= 4 is 5.91 Å². The number of nitrogens with two attached hydrogens (primary N) is 1. The number of piperidine rings is 1. The Morgan fingerprint density at radius 2 is 2.33 bits per heavy atom. The summed E-state index contributed by atoms with van der Waals surface area (Å²) in [5, 5.41) is 0. The fraction of sp³-hybridized carbons (Fsp3) is 0.917. The maximum absolute atomic E-state index is 12.2. The summed E-state index contributed by atoms with van der Waals surface area (Å²) in [5.74, 6) is 1.19. The summed E-state index contributed by atoms with van der Waals surface area (Å²) >= 11 is 0. The number of rotatable bonds is 4. The fourth-order valence-electron chi connectivity index (χ4n) is 3.12. The number of hydrogen-bond donors (Lipinski definition) is 1.